The average Bonchev–Trinajstić information content (AvgIpc) is 2.49. The van der Waals surface area contributed by atoms with Gasteiger partial charge < -0.3 is 4.74 Å². The van der Waals surface area contributed by atoms with E-state index in [-0.39, 0.29) is 5.92 Å². The molecule has 118 valence electrons. The van der Waals surface area contributed by atoms with Gasteiger partial charge in [0.25, 0.3) is 0 Å². The molecule has 0 aliphatic carbocycles. The van der Waals surface area contributed by atoms with Crippen LogP contribution in [-0.2, 0) is 0 Å². The minimum atomic E-state index is 0.244. The van der Waals surface area contributed by atoms with Gasteiger partial charge in [0, 0.05) is 5.92 Å². The lowest BCUT2D eigenvalue weighted by molar-refractivity contribution is 0.444. The van der Waals surface area contributed by atoms with Crippen molar-refractivity contribution in [1.82, 2.24) is 9.97 Å². The molecule has 0 aliphatic rings. The third-order valence-electron chi connectivity index (χ3n) is 3.91. The highest BCUT2D eigenvalue weighted by Gasteiger charge is 2.16. The Morgan fingerprint density at radius 1 is 0.870 bits per heavy atom. The molecule has 0 amide bonds. The molecule has 3 nitrogen and oxygen atoms in total. The Bertz CT molecular complexity index is 846. The molecule has 0 radical (unpaired) electrons. The van der Waals surface area contributed by atoms with E-state index in [9.17, 15) is 0 Å². The zero-order chi connectivity index (χ0) is 16.6. The molecule has 0 fully saturated rings. The summed E-state index contributed by atoms with van der Waals surface area (Å²) < 4.78 is 6.22. The largest absolute Gasteiger partial charge is 0.437 e. The number of para-hydroxylation sites is 2. The van der Waals surface area contributed by atoms with E-state index in [4.69, 9.17) is 14.7 Å². The number of aryl methyl sites for hydroxylation is 3. The minimum absolute atomic E-state index is 0.244. The van der Waals surface area contributed by atoms with Crippen molar-refractivity contribution in [2.45, 2.75) is 40.5 Å². The summed E-state index contributed by atoms with van der Waals surface area (Å²) >= 11 is 0. The molecule has 1 aromatic heterocycles. The van der Waals surface area contributed by atoms with E-state index in [1.54, 1.807) is 0 Å². The highest BCUT2D eigenvalue weighted by molar-refractivity contribution is 5.75. The highest BCUT2D eigenvalue weighted by atomic mass is 16.5. The fraction of sp³-hybridized carbons (Fsp3) is 0.300. The van der Waals surface area contributed by atoms with E-state index in [1.807, 2.05) is 24.3 Å². The van der Waals surface area contributed by atoms with Gasteiger partial charge in [0.1, 0.15) is 11.4 Å². The summed E-state index contributed by atoms with van der Waals surface area (Å²) in [5.41, 5.74) is 6.12. The fourth-order valence-corrected chi connectivity index (χ4v) is 2.87. The highest BCUT2D eigenvalue weighted by Crippen LogP contribution is 2.33. The number of fused-ring (bicyclic) bond motifs is 1. The maximum absolute atomic E-state index is 6.22. The van der Waals surface area contributed by atoms with Gasteiger partial charge in [0.05, 0.1) is 11.0 Å². The van der Waals surface area contributed by atoms with Crippen molar-refractivity contribution in [2.75, 3.05) is 0 Å². The van der Waals surface area contributed by atoms with Gasteiger partial charge in [-0.1, -0.05) is 43.7 Å². The summed E-state index contributed by atoms with van der Waals surface area (Å²) in [6.45, 7) is 10.5. The van der Waals surface area contributed by atoms with Gasteiger partial charge in [-0.3, -0.25) is 0 Å². The van der Waals surface area contributed by atoms with Gasteiger partial charge >= 0.3 is 0 Å². The Kier molecular flexibility index (Phi) is 4.03. The van der Waals surface area contributed by atoms with Crippen LogP contribution in [0.15, 0.2) is 36.4 Å². The van der Waals surface area contributed by atoms with Crippen molar-refractivity contribution in [3.8, 4) is 11.6 Å². The zero-order valence-corrected chi connectivity index (χ0v) is 14.3. The van der Waals surface area contributed by atoms with Gasteiger partial charge in [-0.2, -0.15) is 0 Å². The molecule has 2 aromatic carbocycles. The van der Waals surface area contributed by atoms with Gasteiger partial charge in [-0.25, -0.2) is 9.97 Å². The van der Waals surface area contributed by atoms with Crippen molar-refractivity contribution in [2.24, 2.45) is 0 Å². The molecule has 0 N–H and O–H groups in total. The molecule has 0 saturated heterocycles. The lowest BCUT2D eigenvalue weighted by Gasteiger charge is -2.16. The summed E-state index contributed by atoms with van der Waals surface area (Å²) in [6, 6.07) is 12.2. The number of ether oxygens (including phenoxy) is 1. The SMILES string of the molecule is Cc1cc(C)c(Oc2nc3ccccc3nc2C(C)C)c(C)c1. The zero-order valence-electron chi connectivity index (χ0n) is 14.3. The quantitative estimate of drug-likeness (QED) is 0.643. The molecule has 0 saturated carbocycles. The first-order valence-electron chi connectivity index (χ1n) is 7.98. The lowest BCUT2D eigenvalue weighted by atomic mass is 10.1. The molecule has 1 heterocycles. The van der Waals surface area contributed by atoms with E-state index in [0.717, 1.165) is 33.6 Å². The third kappa shape index (κ3) is 3.04. The summed E-state index contributed by atoms with van der Waals surface area (Å²) in [4.78, 5) is 9.47. The molecule has 3 aromatic rings. The molecular weight excluding hydrogens is 284 g/mol. The summed E-state index contributed by atoms with van der Waals surface area (Å²) in [5.74, 6) is 1.73. The maximum Gasteiger partial charge on any atom is 0.242 e. The van der Waals surface area contributed by atoms with E-state index < -0.39 is 0 Å². The van der Waals surface area contributed by atoms with Crippen LogP contribution < -0.4 is 4.74 Å². The lowest BCUT2D eigenvalue weighted by Crippen LogP contribution is -2.03. The van der Waals surface area contributed by atoms with Crippen LogP contribution in [0.3, 0.4) is 0 Å². The van der Waals surface area contributed by atoms with Crippen molar-refractivity contribution in [3.63, 3.8) is 0 Å². The van der Waals surface area contributed by atoms with Crippen LogP contribution in [0, 0.1) is 20.8 Å². The smallest absolute Gasteiger partial charge is 0.242 e. The topological polar surface area (TPSA) is 35.0 Å². The van der Waals surface area contributed by atoms with Crippen molar-refractivity contribution in [1.29, 1.82) is 0 Å². The standard InChI is InChI=1S/C20H22N2O/c1-12(2)18-20(22-17-9-7-6-8-16(17)21-18)23-19-14(4)10-13(3)11-15(19)5/h6-12H,1-5H3. The normalized spacial score (nSPS) is 11.2. The molecule has 0 unspecified atom stereocenters. The molecule has 23 heavy (non-hydrogen) atoms. The Morgan fingerprint density at radius 2 is 1.43 bits per heavy atom. The second-order valence-corrected chi connectivity index (χ2v) is 6.39. The van der Waals surface area contributed by atoms with Crippen LogP contribution in [0.2, 0.25) is 0 Å². The Hall–Kier alpha value is -2.42. The number of hydrogen-bond donors (Lipinski definition) is 0. The first-order valence-corrected chi connectivity index (χ1v) is 7.98. The minimum Gasteiger partial charge on any atom is -0.437 e. The number of rotatable bonds is 3. The van der Waals surface area contributed by atoms with Gasteiger partial charge in [-0.15, -0.1) is 0 Å². The maximum atomic E-state index is 6.22. The van der Waals surface area contributed by atoms with E-state index >= 15 is 0 Å². The molecule has 3 heteroatoms. The Morgan fingerprint density at radius 3 is 2.00 bits per heavy atom. The van der Waals surface area contributed by atoms with Gasteiger partial charge in [-0.05, 0) is 44.0 Å². The van der Waals surface area contributed by atoms with Crippen LogP contribution in [-0.4, -0.2) is 9.97 Å². The molecular formula is C20H22N2O. The summed E-state index contributed by atoms with van der Waals surface area (Å²) in [5, 5.41) is 0. The second-order valence-electron chi connectivity index (χ2n) is 6.39. The number of benzene rings is 2. The van der Waals surface area contributed by atoms with Crippen LogP contribution in [0.4, 0.5) is 0 Å². The van der Waals surface area contributed by atoms with Gasteiger partial charge in [0.2, 0.25) is 5.88 Å². The van der Waals surface area contributed by atoms with Crippen LogP contribution in [0.5, 0.6) is 11.6 Å². The number of hydrogen-bond acceptors (Lipinski definition) is 3. The Labute approximate surface area is 137 Å². The first-order chi connectivity index (χ1) is 11.0. The van der Waals surface area contributed by atoms with Crippen molar-refractivity contribution < 1.29 is 4.74 Å². The summed E-state index contributed by atoms with van der Waals surface area (Å²) in [6.07, 6.45) is 0. The second kappa shape index (κ2) is 5.99. The van der Waals surface area contributed by atoms with Crippen molar-refractivity contribution in [3.05, 3.63) is 58.8 Å². The molecule has 3 rings (SSSR count). The van der Waals surface area contributed by atoms with Crippen LogP contribution in [0.25, 0.3) is 11.0 Å². The Balaban J connectivity index is 2.14. The first kappa shape index (κ1) is 15.5. The predicted octanol–water partition coefficient (Wildman–Crippen LogP) is 5.47. The van der Waals surface area contributed by atoms with E-state index in [1.165, 1.54) is 5.56 Å². The number of nitrogens with zero attached hydrogens (tertiary/aromatic N) is 2. The van der Waals surface area contributed by atoms with Crippen LogP contribution in [0.1, 0.15) is 42.1 Å². The van der Waals surface area contributed by atoms with E-state index in [0.29, 0.717) is 5.88 Å². The monoisotopic (exact) mass is 306 g/mol. The molecule has 0 atom stereocenters. The molecule has 0 bridgehead atoms. The third-order valence-corrected chi connectivity index (χ3v) is 3.91. The van der Waals surface area contributed by atoms with Crippen molar-refractivity contribution >= 4 is 11.0 Å². The van der Waals surface area contributed by atoms with E-state index in [2.05, 4.69) is 46.8 Å². The predicted molar refractivity (Wildman–Crippen MR) is 94.4 cm³/mol. The fourth-order valence-electron chi connectivity index (χ4n) is 2.87. The average molecular weight is 306 g/mol. The number of aromatic nitrogens is 2. The molecule has 0 spiro atoms. The van der Waals surface area contributed by atoms with Gasteiger partial charge in [0.15, 0.2) is 0 Å². The summed E-state index contributed by atoms with van der Waals surface area (Å²) in [7, 11) is 0. The molecule has 0 aliphatic heterocycles. The van der Waals surface area contributed by atoms with Crippen LogP contribution >= 0.6 is 0 Å².